The molecule has 0 saturated heterocycles. The van der Waals surface area contributed by atoms with Gasteiger partial charge in [0, 0.05) is 11.9 Å². The van der Waals surface area contributed by atoms with E-state index in [0.29, 0.717) is 11.7 Å². The van der Waals surface area contributed by atoms with Crippen LogP contribution in [0.2, 0.25) is 0 Å². The number of aromatic nitrogens is 3. The molecular formula is C18H16N4O. The van der Waals surface area contributed by atoms with Crippen molar-refractivity contribution in [2.45, 2.75) is 13.8 Å². The molecule has 23 heavy (non-hydrogen) atoms. The van der Waals surface area contributed by atoms with Gasteiger partial charge in [0.2, 0.25) is 5.95 Å². The number of benzene rings is 1. The highest BCUT2D eigenvalue weighted by molar-refractivity contribution is 5.89. The Morgan fingerprint density at radius 1 is 1.09 bits per heavy atom. The zero-order valence-electron chi connectivity index (χ0n) is 12.9. The van der Waals surface area contributed by atoms with Gasteiger partial charge < -0.3 is 14.7 Å². The first-order valence-corrected chi connectivity index (χ1v) is 7.44. The number of nitrogens with one attached hydrogen (secondary N) is 2. The Bertz CT molecular complexity index is 970. The second-order valence-corrected chi connectivity index (χ2v) is 5.55. The Labute approximate surface area is 133 Å². The van der Waals surface area contributed by atoms with Gasteiger partial charge in [0.15, 0.2) is 5.76 Å². The average Bonchev–Trinajstić information content (AvgIpc) is 3.21. The summed E-state index contributed by atoms with van der Waals surface area (Å²) in [5, 5.41) is 3.32. The molecule has 0 radical (unpaired) electrons. The number of nitrogens with zero attached hydrogens (tertiary/aromatic N) is 2. The fraction of sp³-hybridized carbons (Fsp3) is 0.111. The van der Waals surface area contributed by atoms with Gasteiger partial charge in [-0.3, -0.25) is 0 Å². The van der Waals surface area contributed by atoms with Crippen LogP contribution in [0.1, 0.15) is 11.1 Å². The molecule has 0 atom stereocenters. The standard InChI is InChI=1S/C18H16N4O/c1-11-5-6-12(2)14(10-11)21-18-20-13-7-8-19-16(13)17(22-18)15-4-3-9-23-15/h3-10,19H,1-2H3,(H,20,21,22). The maximum Gasteiger partial charge on any atom is 0.228 e. The fourth-order valence-electron chi connectivity index (χ4n) is 2.58. The Morgan fingerprint density at radius 3 is 2.83 bits per heavy atom. The maximum atomic E-state index is 5.51. The number of hydrogen-bond acceptors (Lipinski definition) is 4. The highest BCUT2D eigenvalue weighted by Gasteiger charge is 2.13. The molecule has 0 aliphatic carbocycles. The molecule has 114 valence electrons. The predicted octanol–water partition coefficient (Wildman–Crippen LogP) is 4.58. The Kier molecular flexibility index (Phi) is 3.12. The second-order valence-electron chi connectivity index (χ2n) is 5.55. The lowest BCUT2D eigenvalue weighted by molar-refractivity contribution is 0.580. The molecule has 4 aromatic rings. The van der Waals surface area contributed by atoms with Crippen LogP contribution in [0.15, 0.2) is 53.3 Å². The van der Waals surface area contributed by atoms with Gasteiger partial charge in [-0.15, -0.1) is 0 Å². The summed E-state index contributed by atoms with van der Waals surface area (Å²) in [4.78, 5) is 12.4. The van der Waals surface area contributed by atoms with Crippen LogP contribution in [-0.2, 0) is 0 Å². The topological polar surface area (TPSA) is 66.7 Å². The summed E-state index contributed by atoms with van der Waals surface area (Å²) in [6, 6.07) is 11.9. The van der Waals surface area contributed by atoms with Gasteiger partial charge in [-0.05, 0) is 49.2 Å². The van der Waals surface area contributed by atoms with Gasteiger partial charge in [-0.2, -0.15) is 0 Å². The van der Waals surface area contributed by atoms with Crippen molar-refractivity contribution >= 4 is 22.7 Å². The number of hydrogen-bond donors (Lipinski definition) is 2. The molecule has 4 rings (SSSR count). The third kappa shape index (κ3) is 2.46. The molecule has 0 bridgehead atoms. The first-order valence-electron chi connectivity index (χ1n) is 7.44. The monoisotopic (exact) mass is 304 g/mol. The van der Waals surface area contributed by atoms with Crippen LogP contribution in [0, 0.1) is 13.8 Å². The van der Waals surface area contributed by atoms with E-state index in [1.54, 1.807) is 6.26 Å². The molecule has 0 aliphatic heterocycles. The summed E-state index contributed by atoms with van der Waals surface area (Å²) in [6.07, 6.45) is 3.50. The minimum Gasteiger partial charge on any atom is -0.463 e. The SMILES string of the molecule is Cc1ccc(C)c(Nc2nc(-c3ccco3)c3[nH]ccc3n2)c1. The minimum atomic E-state index is 0.553. The summed E-state index contributed by atoms with van der Waals surface area (Å²) < 4.78 is 5.51. The summed E-state index contributed by atoms with van der Waals surface area (Å²) in [5.74, 6) is 1.26. The van der Waals surface area contributed by atoms with Crippen molar-refractivity contribution in [1.29, 1.82) is 0 Å². The number of fused-ring (bicyclic) bond motifs is 1. The molecule has 2 N–H and O–H groups in total. The molecule has 0 saturated carbocycles. The van der Waals surface area contributed by atoms with Crippen LogP contribution in [0.4, 0.5) is 11.6 Å². The summed E-state index contributed by atoms with van der Waals surface area (Å²) >= 11 is 0. The van der Waals surface area contributed by atoms with Gasteiger partial charge in [0.25, 0.3) is 0 Å². The molecule has 5 heteroatoms. The normalized spacial score (nSPS) is 11.0. The fourth-order valence-corrected chi connectivity index (χ4v) is 2.58. The van der Waals surface area contributed by atoms with Crippen LogP contribution in [0.3, 0.4) is 0 Å². The molecular weight excluding hydrogens is 288 g/mol. The molecule has 1 aromatic carbocycles. The third-order valence-electron chi connectivity index (χ3n) is 3.80. The molecule has 5 nitrogen and oxygen atoms in total. The van der Waals surface area contributed by atoms with Crippen molar-refractivity contribution in [3.63, 3.8) is 0 Å². The quantitative estimate of drug-likeness (QED) is 0.581. The van der Waals surface area contributed by atoms with Gasteiger partial charge in [0.05, 0.1) is 17.3 Å². The van der Waals surface area contributed by atoms with Gasteiger partial charge in [-0.1, -0.05) is 12.1 Å². The second kappa shape index (κ2) is 5.28. The van der Waals surface area contributed by atoms with E-state index in [-0.39, 0.29) is 0 Å². The predicted molar refractivity (Wildman–Crippen MR) is 90.8 cm³/mol. The number of aromatic amines is 1. The third-order valence-corrected chi connectivity index (χ3v) is 3.80. The first-order chi connectivity index (χ1) is 11.2. The zero-order chi connectivity index (χ0) is 15.8. The van der Waals surface area contributed by atoms with Crippen LogP contribution in [0.5, 0.6) is 0 Å². The van der Waals surface area contributed by atoms with Crippen molar-refractivity contribution in [2.24, 2.45) is 0 Å². The number of rotatable bonds is 3. The van der Waals surface area contributed by atoms with Crippen LogP contribution >= 0.6 is 0 Å². The summed E-state index contributed by atoms with van der Waals surface area (Å²) in [5.41, 5.74) is 5.80. The van der Waals surface area contributed by atoms with Crippen molar-refractivity contribution in [2.75, 3.05) is 5.32 Å². The maximum absolute atomic E-state index is 5.51. The van der Waals surface area contributed by atoms with E-state index in [9.17, 15) is 0 Å². The molecule has 0 unspecified atom stereocenters. The van der Waals surface area contributed by atoms with Crippen LogP contribution in [0.25, 0.3) is 22.5 Å². The number of aryl methyl sites for hydroxylation is 2. The summed E-state index contributed by atoms with van der Waals surface area (Å²) in [7, 11) is 0. The lowest BCUT2D eigenvalue weighted by Crippen LogP contribution is -2.00. The van der Waals surface area contributed by atoms with Crippen molar-refractivity contribution < 1.29 is 4.42 Å². The molecule has 3 aromatic heterocycles. The smallest absolute Gasteiger partial charge is 0.228 e. The number of furan rings is 1. The molecule has 3 heterocycles. The first kappa shape index (κ1) is 13.6. The Balaban J connectivity index is 1.83. The van der Waals surface area contributed by atoms with E-state index in [1.165, 1.54) is 5.56 Å². The van der Waals surface area contributed by atoms with Crippen LogP contribution in [-0.4, -0.2) is 15.0 Å². The van der Waals surface area contributed by atoms with E-state index in [2.05, 4.69) is 52.3 Å². The molecule has 0 spiro atoms. The van der Waals surface area contributed by atoms with Crippen molar-refractivity contribution in [3.05, 3.63) is 60.0 Å². The average molecular weight is 304 g/mol. The Morgan fingerprint density at radius 2 is 2.00 bits per heavy atom. The summed E-state index contributed by atoms with van der Waals surface area (Å²) in [6.45, 7) is 4.12. The van der Waals surface area contributed by atoms with Gasteiger partial charge in [0.1, 0.15) is 5.69 Å². The highest BCUT2D eigenvalue weighted by Crippen LogP contribution is 2.28. The molecule has 0 aliphatic rings. The lowest BCUT2D eigenvalue weighted by atomic mass is 10.1. The largest absolute Gasteiger partial charge is 0.463 e. The van der Waals surface area contributed by atoms with E-state index < -0.39 is 0 Å². The Hall–Kier alpha value is -3.08. The zero-order valence-corrected chi connectivity index (χ0v) is 12.9. The lowest BCUT2D eigenvalue weighted by Gasteiger charge is -2.10. The molecule has 0 amide bonds. The van der Waals surface area contributed by atoms with Crippen LogP contribution < -0.4 is 5.32 Å². The van der Waals surface area contributed by atoms with Crippen molar-refractivity contribution in [3.8, 4) is 11.5 Å². The van der Waals surface area contributed by atoms with Crippen molar-refractivity contribution in [1.82, 2.24) is 15.0 Å². The number of H-pyrrole nitrogens is 1. The number of anilines is 2. The highest BCUT2D eigenvalue weighted by atomic mass is 16.3. The van der Waals surface area contributed by atoms with Gasteiger partial charge >= 0.3 is 0 Å². The van der Waals surface area contributed by atoms with Gasteiger partial charge in [-0.25, -0.2) is 9.97 Å². The van der Waals surface area contributed by atoms with E-state index in [0.717, 1.165) is 28.0 Å². The van der Waals surface area contributed by atoms with E-state index in [1.807, 2.05) is 24.4 Å². The minimum absolute atomic E-state index is 0.553. The van der Waals surface area contributed by atoms with E-state index in [4.69, 9.17) is 4.42 Å². The van der Waals surface area contributed by atoms with E-state index >= 15 is 0 Å². The molecule has 0 fully saturated rings.